The minimum Gasteiger partial charge on any atom is -0.310 e. The minimum absolute atomic E-state index is 0.101. The molecule has 50 heavy (non-hydrogen) atoms. The van der Waals surface area contributed by atoms with Gasteiger partial charge in [0.25, 0.3) is 0 Å². The molecule has 1 aromatic heterocycles. The second-order valence-corrected chi connectivity index (χ2v) is 15.0. The zero-order chi connectivity index (χ0) is 33.8. The Morgan fingerprint density at radius 2 is 0.920 bits per heavy atom. The van der Waals surface area contributed by atoms with Crippen LogP contribution in [-0.4, -0.2) is 4.57 Å². The number of rotatable bonds is 5. The molecule has 0 fully saturated rings. The fourth-order valence-electron chi connectivity index (χ4n) is 8.93. The third kappa shape index (κ3) is 3.96. The normalized spacial score (nSPS) is 14.7. The molecule has 0 saturated heterocycles. The largest absolute Gasteiger partial charge is 0.310 e. The number of anilines is 3. The van der Waals surface area contributed by atoms with E-state index >= 15 is 0 Å². The van der Waals surface area contributed by atoms with E-state index in [1.165, 1.54) is 77.7 Å². The van der Waals surface area contributed by atoms with E-state index in [0.29, 0.717) is 0 Å². The highest BCUT2D eigenvalue weighted by atomic mass is 15.1. The highest BCUT2D eigenvalue weighted by Crippen LogP contribution is 2.56. The van der Waals surface area contributed by atoms with Gasteiger partial charge in [-0.2, -0.15) is 0 Å². The molecule has 10 rings (SSSR count). The van der Waals surface area contributed by atoms with Gasteiger partial charge in [0.15, 0.2) is 0 Å². The third-order valence-corrected chi connectivity index (χ3v) is 11.5. The number of hydrogen-bond donors (Lipinski definition) is 0. The van der Waals surface area contributed by atoms with Crippen LogP contribution in [0.3, 0.4) is 0 Å². The summed E-state index contributed by atoms with van der Waals surface area (Å²) in [5.74, 6) is 0. The Kier molecular flexibility index (Phi) is 6.01. The Morgan fingerprint density at radius 3 is 1.62 bits per heavy atom. The molecule has 0 amide bonds. The topological polar surface area (TPSA) is 8.17 Å². The second-order valence-electron chi connectivity index (χ2n) is 15.0. The van der Waals surface area contributed by atoms with Crippen LogP contribution in [0.25, 0.3) is 49.7 Å². The van der Waals surface area contributed by atoms with Gasteiger partial charge >= 0.3 is 0 Å². The molecule has 0 aliphatic carbocycles. The monoisotopic (exact) mass is 642 g/mol. The van der Waals surface area contributed by atoms with Crippen LogP contribution < -0.4 is 4.90 Å². The van der Waals surface area contributed by atoms with Gasteiger partial charge < -0.3 is 9.47 Å². The van der Waals surface area contributed by atoms with Crippen molar-refractivity contribution in [1.29, 1.82) is 0 Å². The van der Waals surface area contributed by atoms with Gasteiger partial charge in [0.1, 0.15) is 0 Å². The molecule has 3 heterocycles. The van der Waals surface area contributed by atoms with Gasteiger partial charge in [0.05, 0.1) is 16.7 Å². The molecule has 0 unspecified atom stereocenters. The van der Waals surface area contributed by atoms with Gasteiger partial charge in [-0.15, -0.1) is 0 Å². The van der Waals surface area contributed by atoms with Crippen molar-refractivity contribution in [3.8, 4) is 27.9 Å². The van der Waals surface area contributed by atoms with Gasteiger partial charge in [0, 0.05) is 38.7 Å². The fraction of sp³-hybridized carbons (Fsp3) is 0.125. The van der Waals surface area contributed by atoms with Crippen LogP contribution in [0.4, 0.5) is 17.1 Å². The van der Waals surface area contributed by atoms with Crippen LogP contribution in [0.5, 0.6) is 0 Å². The maximum Gasteiger partial charge on any atom is 0.0583 e. The average molecular weight is 643 g/mol. The summed E-state index contributed by atoms with van der Waals surface area (Å²) in [5, 5.41) is 2.63. The van der Waals surface area contributed by atoms with Crippen molar-refractivity contribution in [3.63, 3.8) is 0 Å². The maximum absolute atomic E-state index is 2.61. The zero-order valence-electron chi connectivity index (χ0n) is 28.9. The van der Waals surface area contributed by atoms with E-state index in [1.54, 1.807) is 0 Å². The quantitative estimate of drug-likeness (QED) is 0.181. The van der Waals surface area contributed by atoms with E-state index in [0.717, 1.165) is 11.4 Å². The van der Waals surface area contributed by atoms with Gasteiger partial charge in [0.2, 0.25) is 0 Å². The predicted octanol–water partition coefficient (Wildman–Crippen LogP) is 12.9. The summed E-state index contributed by atoms with van der Waals surface area (Å²) in [6, 6.07) is 58.2. The van der Waals surface area contributed by atoms with E-state index in [2.05, 4.69) is 195 Å². The van der Waals surface area contributed by atoms with E-state index in [1.807, 2.05) is 0 Å². The molecular weight excluding hydrogens is 605 g/mol. The number of para-hydroxylation sites is 2. The molecule has 0 radical (unpaired) electrons. The van der Waals surface area contributed by atoms with Crippen molar-refractivity contribution >= 4 is 38.9 Å². The van der Waals surface area contributed by atoms with Crippen LogP contribution in [0.1, 0.15) is 49.9 Å². The number of nitrogens with zero attached hydrogens (tertiary/aromatic N) is 2. The van der Waals surface area contributed by atoms with Crippen LogP contribution in [0.2, 0.25) is 0 Å². The molecule has 8 aromatic rings. The van der Waals surface area contributed by atoms with Crippen molar-refractivity contribution in [2.75, 3.05) is 4.90 Å². The van der Waals surface area contributed by atoms with Gasteiger partial charge in [-0.25, -0.2) is 0 Å². The predicted molar refractivity (Wildman–Crippen MR) is 211 cm³/mol. The van der Waals surface area contributed by atoms with Crippen LogP contribution in [0, 0.1) is 0 Å². The minimum atomic E-state index is -0.202. The molecule has 0 saturated carbocycles. The smallest absolute Gasteiger partial charge is 0.0583 e. The lowest BCUT2D eigenvalue weighted by Crippen LogP contribution is -2.33. The van der Waals surface area contributed by atoms with Gasteiger partial charge in [-0.3, -0.25) is 0 Å². The molecular formula is C48H38N2. The van der Waals surface area contributed by atoms with Gasteiger partial charge in [-0.05, 0) is 80.9 Å². The van der Waals surface area contributed by atoms with E-state index < -0.39 is 0 Å². The zero-order valence-corrected chi connectivity index (χ0v) is 28.9. The van der Waals surface area contributed by atoms with Crippen molar-refractivity contribution in [3.05, 3.63) is 180 Å². The summed E-state index contributed by atoms with van der Waals surface area (Å²) in [7, 11) is 0. The first-order valence-electron chi connectivity index (χ1n) is 17.7. The van der Waals surface area contributed by atoms with E-state index in [4.69, 9.17) is 0 Å². The first kappa shape index (κ1) is 29.1. The first-order chi connectivity index (χ1) is 24.3. The van der Waals surface area contributed by atoms with Crippen LogP contribution in [-0.2, 0) is 10.8 Å². The summed E-state index contributed by atoms with van der Waals surface area (Å²) < 4.78 is 2.61. The lowest BCUT2D eigenvalue weighted by atomic mass is 9.68. The third-order valence-electron chi connectivity index (χ3n) is 11.5. The lowest BCUT2D eigenvalue weighted by molar-refractivity contribution is 0.593. The first-order valence-corrected chi connectivity index (χ1v) is 17.7. The summed E-state index contributed by atoms with van der Waals surface area (Å²) in [5.41, 5.74) is 17.6. The molecule has 0 atom stereocenters. The van der Waals surface area contributed by atoms with Crippen molar-refractivity contribution in [1.82, 2.24) is 4.57 Å². The molecule has 2 aliphatic rings. The Hall–Kier alpha value is -5.86. The van der Waals surface area contributed by atoms with Crippen LogP contribution >= 0.6 is 0 Å². The standard InChI is InChI=1S/C48H38N2/c1-47(2)40-21-12-20-38-39-29-37(30-43-45(39)50(44(38)40)46-41(47)22-13-23-42(46)48(43,3)4)49(35-26-24-33(25-27-35)31-14-7-5-8-15-31)36-19-11-18-34(28-36)32-16-9-6-10-17-32/h5-30H,1-4H3. The highest BCUT2D eigenvalue weighted by Gasteiger charge is 2.43. The van der Waals surface area contributed by atoms with Gasteiger partial charge in [-0.1, -0.05) is 149 Å². The summed E-state index contributed by atoms with van der Waals surface area (Å²) >= 11 is 0. The Morgan fingerprint density at radius 1 is 0.380 bits per heavy atom. The molecule has 7 aromatic carbocycles. The molecule has 2 aliphatic heterocycles. The summed E-state index contributed by atoms with van der Waals surface area (Å²) in [6.45, 7) is 9.62. The molecule has 2 nitrogen and oxygen atoms in total. The van der Waals surface area contributed by atoms with E-state index in [9.17, 15) is 0 Å². The average Bonchev–Trinajstić information content (AvgIpc) is 3.49. The van der Waals surface area contributed by atoms with E-state index in [-0.39, 0.29) is 10.8 Å². The second kappa shape index (κ2) is 10.3. The molecule has 240 valence electrons. The molecule has 0 spiro atoms. The lowest BCUT2D eigenvalue weighted by Gasteiger charge is -2.42. The summed E-state index contributed by atoms with van der Waals surface area (Å²) in [4.78, 5) is 2.45. The molecule has 0 bridgehead atoms. The van der Waals surface area contributed by atoms with Crippen molar-refractivity contribution < 1.29 is 0 Å². The number of hydrogen-bond acceptors (Lipinski definition) is 1. The number of aromatic nitrogens is 1. The van der Waals surface area contributed by atoms with Crippen molar-refractivity contribution in [2.45, 2.75) is 38.5 Å². The summed E-state index contributed by atoms with van der Waals surface area (Å²) in [6.07, 6.45) is 0. The number of fused-ring (bicyclic) bond motifs is 1. The Balaban J connectivity index is 1.26. The Bertz CT molecular complexity index is 2620. The maximum atomic E-state index is 2.61. The SMILES string of the molecule is CC1(C)c2cccc3c2-n2c4c1cccc4c1cc(N(c4ccc(-c5ccccc5)cc4)c4cccc(-c5ccccc5)c4)cc(c12)C3(C)C. The highest BCUT2D eigenvalue weighted by molar-refractivity contribution is 6.15. The molecule has 2 heteroatoms. The van der Waals surface area contributed by atoms with Crippen molar-refractivity contribution in [2.24, 2.45) is 0 Å². The van der Waals surface area contributed by atoms with Crippen LogP contribution in [0.15, 0.2) is 158 Å². The Labute approximate surface area is 293 Å². The number of benzene rings is 7. The molecule has 0 N–H and O–H groups in total. The fourth-order valence-corrected chi connectivity index (χ4v) is 8.93.